The van der Waals surface area contributed by atoms with Gasteiger partial charge in [-0.25, -0.2) is 0 Å². The van der Waals surface area contributed by atoms with Gasteiger partial charge in [-0.1, -0.05) is 64.0 Å². The Bertz CT molecular complexity index is 446. The third-order valence-electron chi connectivity index (χ3n) is 4.89. The highest BCUT2D eigenvalue weighted by molar-refractivity contribution is 5.85. The molecule has 0 saturated heterocycles. The van der Waals surface area contributed by atoms with Gasteiger partial charge >= 0.3 is 0 Å². The maximum Gasteiger partial charge on any atom is 0.0355 e. The fourth-order valence-corrected chi connectivity index (χ4v) is 3.29. The molecule has 0 amide bonds. The molecule has 1 rings (SSSR count). The van der Waals surface area contributed by atoms with E-state index in [1.807, 2.05) is 0 Å². The molecule has 0 aromatic heterocycles. The molecule has 0 aliphatic carbocycles. The largest absolute Gasteiger partial charge is 0.322 e. The molecule has 0 aliphatic heterocycles. The molecule has 0 aliphatic rings. The van der Waals surface area contributed by atoms with Crippen molar-refractivity contribution in [2.24, 2.45) is 5.73 Å². The first-order chi connectivity index (χ1) is 10.4. The van der Waals surface area contributed by atoms with Crippen LogP contribution in [0.1, 0.15) is 94.4 Å². The van der Waals surface area contributed by atoms with Gasteiger partial charge in [0.2, 0.25) is 0 Å². The summed E-state index contributed by atoms with van der Waals surface area (Å²) in [5, 5.41) is 0. The van der Waals surface area contributed by atoms with Crippen molar-refractivity contribution in [1.82, 2.24) is 0 Å². The molecule has 0 spiro atoms. The zero-order valence-corrected chi connectivity index (χ0v) is 16.8. The molecule has 2 N–H and O–H groups in total. The predicted molar refractivity (Wildman–Crippen MR) is 107 cm³/mol. The highest BCUT2D eigenvalue weighted by Gasteiger charge is 2.18. The average molecular weight is 340 g/mol. The number of unbranched alkanes of at least 4 members (excludes halogenated alkanes) is 7. The predicted octanol–water partition coefficient (Wildman–Crippen LogP) is 6.60. The van der Waals surface area contributed by atoms with E-state index in [1.54, 1.807) is 0 Å². The highest BCUT2D eigenvalue weighted by atomic mass is 35.5. The van der Waals surface area contributed by atoms with Gasteiger partial charge in [0.1, 0.15) is 0 Å². The summed E-state index contributed by atoms with van der Waals surface area (Å²) in [6.07, 6.45) is 12.3. The van der Waals surface area contributed by atoms with Crippen molar-refractivity contribution >= 4 is 12.4 Å². The van der Waals surface area contributed by atoms with Gasteiger partial charge in [0, 0.05) is 5.54 Å². The van der Waals surface area contributed by atoms with Crippen LogP contribution >= 0.6 is 12.4 Å². The summed E-state index contributed by atoms with van der Waals surface area (Å²) < 4.78 is 0. The standard InChI is InChI=1S/C21H37N.ClH/c1-6-7-8-9-10-11-12-13-14-19-15-16-20(21(4,5)22)18(3)17(19)2;/h15-16H,6-14,22H2,1-5H3;1H. The second-order valence-corrected chi connectivity index (χ2v) is 7.47. The lowest BCUT2D eigenvalue weighted by Gasteiger charge is -2.24. The summed E-state index contributed by atoms with van der Waals surface area (Å²) in [5.41, 5.74) is 11.6. The van der Waals surface area contributed by atoms with Crippen LogP contribution in [0.25, 0.3) is 0 Å². The molecule has 1 nitrogen and oxygen atoms in total. The molecular formula is C21H38ClN. The number of aryl methyl sites for hydroxylation is 1. The lowest BCUT2D eigenvalue weighted by Crippen LogP contribution is -2.30. The van der Waals surface area contributed by atoms with Gasteiger partial charge in [-0.2, -0.15) is 0 Å². The molecule has 0 heterocycles. The normalized spacial score (nSPS) is 11.4. The zero-order chi connectivity index (χ0) is 16.6. The Hall–Kier alpha value is -0.530. The van der Waals surface area contributed by atoms with Gasteiger partial charge in [0.25, 0.3) is 0 Å². The monoisotopic (exact) mass is 339 g/mol. The molecule has 0 bridgehead atoms. The van der Waals surface area contributed by atoms with Crippen molar-refractivity contribution in [1.29, 1.82) is 0 Å². The van der Waals surface area contributed by atoms with Crippen LogP contribution in [0.5, 0.6) is 0 Å². The first kappa shape index (κ1) is 22.5. The minimum absolute atomic E-state index is 0. The van der Waals surface area contributed by atoms with Crippen molar-refractivity contribution < 1.29 is 0 Å². The molecule has 0 atom stereocenters. The van der Waals surface area contributed by atoms with E-state index < -0.39 is 0 Å². The van der Waals surface area contributed by atoms with Crippen LogP contribution in [0.3, 0.4) is 0 Å². The van der Waals surface area contributed by atoms with Crippen LogP contribution in [0.4, 0.5) is 0 Å². The fourth-order valence-electron chi connectivity index (χ4n) is 3.29. The smallest absolute Gasteiger partial charge is 0.0355 e. The Morgan fingerprint density at radius 1 is 0.826 bits per heavy atom. The van der Waals surface area contributed by atoms with Crippen LogP contribution in [-0.4, -0.2) is 0 Å². The molecular weight excluding hydrogens is 302 g/mol. The van der Waals surface area contributed by atoms with E-state index >= 15 is 0 Å². The Morgan fingerprint density at radius 3 is 1.87 bits per heavy atom. The molecule has 0 fully saturated rings. The summed E-state index contributed by atoms with van der Waals surface area (Å²) in [7, 11) is 0. The number of nitrogens with two attached hydrogens (primary N) is 1. The average Bonchev–Trinajstić information content (AvgIpc) is 2.44. The van der Waals surface area contributed by atoms with Gasteiger partial charge in [0.15, 0.2) is 0 Å². The van der Waals surface area contributed by atoms with E-state index in [0.29, 0.717) is 0 Å². The van der Waals surface area contributed by atoms with Gasteiger partial charge in [-0.3, -0.25) is 0 Å². The summed E-state index contributed by atoms with van der Waals surface area (Å²) in [6.45, 7) is 10.9. The molecule has 0 radical (unpaired) electrons. The van der Waals surface area contributed by atoms with Crippen molar-refractivity contribution in [2.75, 3.05) is 0 Å². The lowest BCUT2D eigenvalue weighted by atomic mass is 9.86. The van der Waals surface area contributed by atoms with Crippen LogP contribution in [0.2, 0.25) is 0 Å². The third kappa shape index (κ3) is 7.72. The first-order valence-corrected chi connectivity index (χ1v) is 9.26. The molecule has 0 saturated carbocycles. The summed E-state index contributed by atoms with van der Waals surface area (Å²) in [6, 6.07) is 4.54. The summed E-state index contributed by atoms with van der Waals surface area (Å²) >= 11 is 0. The molecule has 134 valence electrons. The Kier molecular flexibility index (Phi) is 10.8. The first-order valence-electron chi connectivity index (χ1n) is 9.26. The van der Waals surface area contributed by atoms with Crippen LogP contribution in [0, 0.1) is 13.8 Å². The van der Waals surface area contributed by atoms with Gasteiger partial charge in [-0.05, 0) is 62.8 Å². The Labute approximate surface area is 150 Å². The SMILES string of the molecule is CCCCCCCCCCc1ccc(C(C)(C)N)c(C)c1C.Cl. The summed E-state index contributed by atoms with van der Waals surface area (Å²) in [4.78, 5) is 0. The van der Waals surface area contributed by atoms with E-state index in [9.17, 15) is 0 Å². The summed E-state index contributed by atoms with van der Waals surface area (Å²) in [5.74, 6) is 0. The number of hydrogen-bond donors (Lipinski definition) is 1. The zero-order valence-electron chi connectivity index (χ0n) is 16.0. The van der Waals surface area contributed by atoms with Crippen molar-refractivity contribution in [3.63, 3.8) is 0 Å². The highest BCUT2D eigenvalue weighted by Crippen LogP contribution is 2.26. The lowest BCUT2D eigenvalue weighted by molar-refractivity contribution is 0.549. The molecule has 2 heteroatoms. The van der Waals surface area contributed by atoms with E-state index in [4.69, 9.17) is 5.73 Å². The number of hydrogen-bond acceptors (Lipinski definition) is 1. The quantitative estimate of drug-likeness (QED) is 0.477. The molecule has 23 heavy (non-hydrogen) atoms. The third-order valence-corrected chi connectivity index (χ3v) is 4.89. The number of benzene rings is 1. The Morgan fingerprint density at radius 2 is 1.35 bits per heavy atom. The maximum atomic E-state index is 6.27. The van der Waals surface area contributed by atoms with Gasteiger partial charge in [-0.15, -0.1) is 12.4 Å². The fraction of sp³-hybridized carbons (Fsp3) is 0.714. The molecule has 0 unspecified atom stereocenters. The number of halogens is 1. The van der Waals surface area contributed by atoms with E-state index in [-0.39, 0.29) is 17.9 Å². The van der Waals surface area contributed by atoms with E-state index in [2.05, 4.69) is 46.8 Å². The Balaban J connectivity index is 0.00000484. The van der Waals surface area contributed by atoms with E-state index in [1.165, 1.54) is 80.0 Å². The van der Waals surface area contributed by atoms with Gasteiger partial charge in [0.05, 0.1) is 0 Å². The minimum atomic E-state index is -0.244. The van der Waals surface area contributed by atoms with Crippen LogP contribution < -0.4 is 5.73 Å². The van der Waals surface area contributed by atoms with Crippen LogP contribution in [-0.2, 0) is 12.0 Å². The number of rotatable bonds is 10. The van der Waals surface area contributed by atoms with Crippen molar-refractivity contribution in [3.8, 4) is 0 Å². The van der Waals surface area contributed by atoms with Crippen molar-refractivity contribution in [3.05, 3.63) is 34.4 Å². The van der Waals surface area contributed by atoms with E-state index in [0.717, 1.165) is 0 Å². The topological polar surface area (TPSA) is 26.0 Å². The van der Waals surface area contributed by atoms with Crippen LogP contribution in [0.15, 0.2) is 12.1 Å². The molecule has 1 aromatic carbocycles. The van der Waals surface area contributed by atoms with Gasteiger partial charge < -0.3 is 5.73 Å². The second-order valence-electron chi connectivity index (χ2n) is 7.47. The van der Waals surface area contributed by atoms with Crippen molar-refractivity contribution in [2.45, 2.75) is 97.9 Å². The minimum Gasteiger partial charge on any atom is -0.322 e. The molecule has 1 aromatic rings. The maximum absolute atomic E-state index is 6.27. The second kappa shape index (κ2) is 11.1.